The summed E-state index contributed by atoms with van der Waals surface area (Å²) >= 11 is 0. The molecule has 25 heavy (non-hydrogen) atoms. The van der Waals surface area contributed by atoms with Crippen molar-refractivity contribution in [3.05, 3.63) is 65.2 Å². The third-order valence-electron chi connectivity index (χ3n) is 4.39. The Bertz CT molecular complexity index is 1110. The fraction of sp³-hybridized carbons (Fsp3) is 0.150. The van der Waals surface area contributed by atoms with Crippen LogP contribution in [-0.2, 0) is 6.18 Å². The van der Waals surface area contributed by atoms with E-state index in [4.69, 9.17) is 4.42 Å². The fourth-order valence-corrected chi connectivity index (χ4v) is 3.12. The SMILES string of the molecule is Cc1c(-c2ccc3cc(C(F)(F)F)cc(C)c3n2)oc2ccccc12. The number of aryl methyl sites for hydroxylation is 2. The molecule has 2 nitrogen and oxygen atoms in total. The number of hydrogen-bond acceptors (Lipinski definition) is 2. The summed E-state index contributed by atoms with van der Waals surface area (Å²) < 4.78 is 44.8. The highest BCUT2D eigenvalue weighted by Gasteiger charge is 2.31. The van der Waals surface area contributed by atoms with Gasteiger partial charge in [0.25, 0.3) is 0 Å². The summed E-state index contributed by atoms with van der Waals surface area (Å²) in [6, 6.07) is 13.3. The highest BCUT2D eigenvalue weighted by Crippen LogP contribution is 2.35. The number of halogens is 3. The molecule has 4 aromatic rings. The molecule has 0 aliphatic heterocycles. The molecule has 0 saturated heterocycles. The lowest BCUT2D eigenvalue weighted by Gasteiger charge is -2.10. The van der Waals surface area contributed by atoms with Crippen LogP contribution in [0.2, 0.25) is 0 Å². The molecule has 2 aromatic carbocycles. The summed E-state index contributed by atoms with van der Waals surface area (Å²) in [5.41, 5.74) is 2.72. The van der Waals surface area contributed by atoms with Crippen LogP contribution in [0.4, 0.5) is 13.2 Å². The number of aromatic nitrogens is 1. The smallest absolute Gasteiger partial charge is 0.416 e. The molecule has 4 rings (SSSR count). The molecule has 0 radical (unpaired) electrons. The molecule has 0 spiro atoms. The molecule has 126 valence electrons. The summed E-state index contributed by atoms with van der Waals surface area (Å²) in [4.78, 5) is 4.56. The van der Waals surface area contributed by atoms with Gasteiger partial charge >= 0.3 is 6.18 Å². The predicted molar refractivity (Wildman–Crippen MR) is 91.4 cm³/mol. The number of furan rings is 1. The Hall–Kier alpha value is -2.82. The highest BCUT2D eigenvalue weighted by atomic mass is 19.4. The lowest BCUT2D eigenvalue weighted by Crippen LogP contribution is -2.05. The topological polar surface area (TPSA) is 26.0 Å². The zero-order valence-electron chi connectivity index (χ0n) is 13.6. The van der Waals surface area contributed by atoms with E-state index in [-0.39, 0.29) is 0 Å². The number of para-hydroxylation sites is 1. The third-order valence-corrected chi connectivity index (χ3v) is 4.39. The number of alkyl halides is 3. The van der Waals surface area contributed by atoms with Crippen LogP contribution in [0, 0.1) is 13.8 Å². The lowest BCUT2D eigenvalue weighted by atomic mass is 10.0. The molecule has 2 heterocycles. The number of nitrogens with zero attached hydrogens (tertiary/aromatic N) is 1. The molecule has 2 aromatic heterocycles. The number of fused-ring (bicyclic) bond motifs is 2. The first-order valence-corrected chi connectivity index (χ1v) is 7.82. The van der Waals surface area contributed by atoms with Crippen LogP contribution in [0.1, 0.15) is 16.7 Å². The number of hydrogen-bond donors (Lipinski definition) is 0. The number of benzene rings is 2. The molecule has 0 aliphatic carbocycles. The van der Waals surface area contributed by atoms with Gasteiger partial charge in [0.1, 0.15) is 11.3 Å². The van der Waals surface area contributed by atoms with Crippen molar-refractivity contribution in [2.75, 3.05) is 0 Å². The monoisotopic (exact) mass is 341 g/mol. The molecular formula is C20H14F3NO. The third kappa shape index (κ3) is 2.56. The number of pyridine rings is 1. The minimum atomic E-state index is -4.37. The van der Waals surface area contributed by atoms with Gasteiger partial charge in [0.2, 0.25) is 0 Å². The van der Waals surface area contributed by atoms with Gasteiger partial charge in [0.05, 0.1) is 11.1 Å². The molecule has 0 atom stereocenters. The average Bonchev–Trinajstić information content (AvgIpc) is 2.91. The first-order valence-electron chi connectivity index (χ1n) is 7.82. The first-order chi connectivity index (χ1) is 11.8. The van der Waals surface area contributed by atoms with Crippen molar-refractivity contribution in [1.29, 1.82) is 0 Å². The van der Waals surface area contributed by atoms with Crippen molar-refractivity contribution in [2.45, 2.75) is 20.0 Å². The zero-order chi connectivity index (χ0) is 17.8. The van der Waals surface area contributed by atoms with Crippen molar-refractivity contribution in [1.82, 2.24) is 4.98 Å². The molecular weight excluding hydrogens is 327 g/mol. The summed E-state index contributed by atoms with van der Waals surface area (Å²) in [6.07, 6.45) is -4.37. The van der Waals surface area contributed by atoms with Gasteiger partial charge in [-0.25, -0.2) is 4.98 Å². The van der Waals surface area contributed by atoms with Gasteiger partial charge < -0.3 is 4.42 Å². The Labute approximate surface area is 141 Å². The average molecular weight is 341 g/mol. The minimum Gasteiger partial charge on any atom is -0.454 e. The summed E-state index contributed by atoms with van der Waals surface area (Å²) in [7, 11) is 0. The highest BCUT2D eigenvalue weighted by molar-refractivity contribution is 5.89. The van der Waals surface area contributed by atoms with Gasteiger partial charge in [-0.15, -0.1) is 0 Å². The van der Waals surface area contributed by atoms with Crippen molar-refractivity contribution in [3.63, 3.8) is 0 Å². The predicted octanol–water partition coefficient (Wildman–Crippen LogP) is 6.28. The van der Waals surface area contributed by atoms with Gasteiger partial charge in [0.15, 0.2) is 5.76 Å². The van der Waals surface area contributed by atoms with Crippen molar-refractivity contribution in [2.24, 2.45) is 0 Å². The normalized spacial score (nSPS) is 12.2. The van der Waals surface area contributed by atoms with E-state index in [0.29, 0.717) is 27.9 Å². The van der Waals surface area contributed by atoms with E-state index >= 15 is 0 Å². The maximum atomic E-state index is 13.0. The number of rotatable bonds is 1. The van der Waals surface area contributed by atoms with Crippen LogP contribution in [0.3, 0.4) is 0 Å². The molecule has 5 heteroatoms. The molecule has 0 aliphatic rings. The Morgan fingerprint density at radius 3 is 2.44 bits per heavy atom. The van der Waals surface area contributed by atoms with E-state index in [9.17, 15) is 13.2 Å². The second-order valence-corrected chi connectivity index (χ2v) is 6.11. The molecule has 0 fully saturated rings. The van der Waals surface area contributed by atoms with Crippen LogP contribution >= 0.6 is 0 Å². The zero-order valence-corrected chi connectivity index (χ0v) is 13.6. The van der Waals surface area contributed by atoms with Crippen molar-refractivity contribution >= 4 is 21.9 Å². The summed E-state index contributed by atoms with van der Waals surface area (Å²) in [5, 5.41) is 1.47. The van der Waals surface area contributed by atoms with E-state index < -0.39 is 11.7 Å². The molecule has 0 saturated carbocycles. The van der Waals surface area contributed by atoms with Crippen LogP contribution < -0.4 is 0 Å². The second-order valence-electron chi connectivity index (χ2n) is 6.11. The van der Waals surface area contributed by atoms with E-state index in [1.165, 1.54) is 0 Å². The second kappa shape index (κ2) is 5.34. The van der Waals surface area contributed by atoms with Crippen LogP contribution in [0.15, 0.2) is 52.9 Å². The standard InChI is InChI=1S/C20H14F3NO/c1-11-9-14(20(21,22)23)10-13-7-8-16(24-18(11)13)19-12(2)15-5-3-4-6-17(15)25-19/h3-10H,1-2H3. The van der Waals surface area contributed by atoms with Crippen molar-refractivity contribution in [3.8, 4) is 11.5 Å². The first kappa shape index (κ1) is 15.7. The summed E-state index contributed by atoms with van der Waals surface area (Å²) in [5.74, 6) is 0.641. The molecule has 0 amide bonds. The molecule has 0 N–H and O–H groups in total. The minimum absolute atomic E-state index is 0.463. The van der Waals surface area contributed by atoms with Gasteiger partial charge in [0, 0.05) is 16.3 Å². The summed E-state index contributed by atoms with van der Waals surface area (Å²) in [6.45, 7) is 3.59. The Balaban J connectivity index is 1.91. The maximum Gasteiger partial charge on any atom is 0.416 e. The van der Waals surface area contributed by atoms with Crippen LogP contribution in [0.25, 0.3) is 33.3 Å². The van der Waals surface area contributed by atoms with Gasteiger partial charge in [-0.1, -0.05) is 24.3 Å². The van der Waals surface area contributed by atoms with Gasteiger partial charge in [-0.2, -0.15) is 13.2 Å². The van der Waals surface area contributed by atoms with Crippen molar-refractivity contribution < 1.29 is 17.6 Å². The molecule has 0 bridgehead atoms. The lowest BCUT2D eigenvalue weighted by molar-refractivity contribution is -0.137. The Morgan fingerprint density at radius 2 is 1.72 bits per heavy atom. The van der Waals surface area contributed by atoms with Gasteiger partial charge in [-0.3, -0.25) is 0 Å². The van der Waals surface area contributed by atoms with E-state index in [1.807, 2.05) is 31.2 Å². The quantitative estimate of drug-likeness (QED) is 0.407. The van der Waals surface area contributed by atoms with Crippen LogP contribution in [-0.4, -0.2) is 4.98 Å². The molecule has 0 unspecified atom stereocenters. The fourth-order valence-electron chi connectivity index (χ4n) is 3.12. The van der Waals surface area contributed by atoms with E-state index in [0.717, 1.165) is 28.7 Å². The maximum absolute atomic E-state index is 13.0. The Kier molecular flexibility index (Phi) is 3.35. The van der Waals surface area contributed by atoms with Crippen LogP contribution in [0.5, 0.6) is 0 Å². The largest absolute Gasteiger partial charge is 0.454 e. The van der Waals surface area contributed by atoms with E-state index in [2.05, 4.69) is 4.98 Å². The van der Waals surface area contributed by atoms with E-state index in [1.54, 1.807) is 19.1 Å². The Morgan fingerprint density at radius 1 is 0.960 bits per heavy atom. The van der Waals surface area contributed by atoms with Gasteiger partial charge in [-0.05, 0) is 43.7 Å².